The summed E-state index contributed by atoms with van der Waals surface area (Å²) in [4.78, 5) is 2.52. The normalized spacial score (nSPS) is 29.1. The van der Waals surface area contributed by atoms with Gasteiger partial charge in [-0.1, -0.05) is 0 Å². The molecule has 2 nitrogen and oxygen atoms in total. The highest BCUT2D eigenvalue weighted by Crippen LogP contribution is 2.25. The van der Waals surface area contributed by atoms with Crippen LogP contribution < -0.4 is 5.32 Å². The lowest BCUT2D eigenvalue weighted by atomic mass is 9.88. The SMILES string of the molecule is C#CCCN1CCC(C2CCCN2)CC1. The quantitative estimate of drug-likeness (QED) is 0.704. The fourth-order valence-electron chi connectivity index (χ4n) is 2.92. The molecule has 0 saturated carbocycles. The Kier molecular flexibility index (Phi) is 4.05. The lowest BCUT2D eigenvalue weighted by molar-refractivity contribution is 0.166. The highest BCUT2D eigenvalue weighted by molar-refractivity contribution is 4.88. The van der Waals surface area contributed by atoms with Crippen molar-refractivity contribution < 1.29 is 0 Å². The Labute approximate surface area is 93.4 Å². The zero-order chi connectivity index (χ0) is 10.5. The minimum atomic E-state index is 0.819. The number of hydrogen-bond acceptors (Lipinski definition) is 2. The van der Waals surface area contributed by atoms with Crippen LogP contribution in [0, 0.1) is 18.3 Å². The molecule has 0 aromatic carbocycles. The summed E-state index contributed by atoms with van der Waals surface area (Å²) in [5.41, 5.74) is 0. The zero-order valence-electron chi connectivity index (χ0n) is 9.54. The van der Waals surface area contributed by atoms with Crippen molar-refractivity contribution in [1.82, 2.24) is 10.2 Å². The molecule has 2 fully saturated rings. The van der Waals surface area contributed by atoms with Gasteiger partial charge in [-0.3, -0.25) is 0 Å². The van der Waals surface area contributed by atoms with Gasteiger partial charge in [0.1, 0.15) is 0 Å². The predicted molar refractivity (Wildman–Crippen MR) is 63.6 cm³/mol. The second-order valence-corrected chi connectivity index (χ2v) is 4.84. The highest BCUT2D eigenvalue weighted by atomic mass is 15.1. The molecule has 2 aliphatic heterocycles. The Hall–Kier alpha value is -0.520. The van der Waals surface area contributed by atoms with E-state index >= 15 is 0 Å². The molecule has 84 valence electrons. The van der Waals surface area contributed by atoms with E-state index in [9.17, 15) is 0 Å². The van der Waals surface area contributed by atoms with Crippen molar-refractivity contribution in [3.63, 3.8) is 0 Å². The van der Waals surface area contributed by atoms with E-state index in [0.29, 0.717) is 0 Å². The molecule has 2 saturated heterocycles. The molecular formula is C13H22N2. The van der Waals surface area contributed by atoms with Crippen LogP contribution in [-0.2, 0) is 0 Å². The van der Waals surface area contributed by atoms with Gasteiger partial charge in [0.05, 0.1) is 0 Å². The summed E-state index contributed by atoms with van der Waals surface area (Å²) in [5, 5.41) is 3.63. The summed E-state index contributed by atoms with van der Waals surface area (Å²) in [6.07, 6.45) is 11.7. The largest absolute Gasteiger partial charge is 0.314 e. The summed E-state index contributed by atoms with van der Waals surface area (Å²) in [7, 11) is 0. The van der Waals surface area contributed by atoms with E-state index < -0.39 is 0 Å². The summed E-state index contributed by atoms with van der Waals surface area (Å²) in [5.74, 6) is 3.65. The van der Waals surface area contributed by atoms with Crippen molar-refractivity contribution in [2.45, 2.75) is 38.1 Å². The third-order valence-corrected chi connectivity index (χ3v) is 3.87. The second-order valence-electron chi connectivity index (χ2n) is 4.84. The standard InChI is InChI=1S/C13H22N2/c1-2-3-9-15-10-6-12(7-11-15)13-5-4-8-14-13/h1,12-14H,3-11H2. The highest BCUT2D eigenvalue weighted by Gasteiger charge is 2.27. The van der Waals surface area contributed by atoms with Gasteiger partial charge in [0.2, 0.25) is 0 Å². The third kappa shape index (κ3) is 2.96. The van der Waals surface area contributed by atoms with Crippen molar-refractivity contribution in [3.8, 4) is 12.3 Å². The summed E-state index contributed by atoms with van der Waals surface area (Å²) < 4.78 is 0. The molecule has 2 aliphatic rings. The molecule has 0 radical (unpaired) electrons. The van der Waals surface area contributed by atoms with Gasteiger partial charge in [0.25, 0.3) is 0 Å². The predicted octanol–water partition coefficient (Wildman–Crippen LogP) is 1.47. The number of piperidine rings is 1. The molecule has 1 atom stereocenters. The van der Waals surface area contributed by atoms with Crippen molar-refractivity contribution in [2.75, 3.05) is 26.2 Å². The Morgan fingerprint density at radius 3 is 2.67 bits per heavy atom. The lowest BCUT2D eigenvalue weighted by Crippen LogP contribution is -2.41. The summed E-state index contributed by atoms with van der Waals surface area (Å²) >= 11 is 0. The number of likely N-dealkylation sites (tertiary alicyclic amines) is 1. The minimum absolute atomic E-state index is 0.819. The van der Waals surface area contributed by atoms with Crippen LogP contribution in [-0.4, -0.2) is 37.1 Å². The maximum Gasteiger partial charge on any atom is 0.0214 e. The first-order valence-electron chi connectivity index (χ1n) is 6.29. The monoisotopic (exact) mass is 206 g/mol. The van der Waals surface area contributed by atoms with E-state index in [-0.39, 0.29) is 0 Å². The molecule has 2 heterocycles. The van der Waals surface area contributed by atoms with E-state index in [1.54, 1.807) is 0 Å². The minimum Gasteiger partial charge on any atom is -0.314 e. The van der Waals surface area contributed by atoms with Crippen LogP contribution in [0.15, 0.2) is 0 Å². The molecule has 15 heavy (non-hydrogen) atoms. The fraction of sp³-hybridized carbons (Fsp3) is 0.846. The lowest BCUT2D eigenvalue weighted by Gasteiger charge is -2.34. The maximum atomic E-state index is 5.29. The van der Waals surface area contributed by atoms with Crippen LogP contribution >= 0.6 is 0 Å². The van der Waals surface area contributed by atoms with Gasteiger partial charge in [0, 0.05) is 19.0 Å². The van der Waals surface area contributed by atoms with Gasteiger partial charge in [0.15, 0.2) is 0 Å². The van der Waals surface area contributed by atoms with Gasteiger partial charge < -0.3 is 10.2 Å². The van der Waals surface area contributed by atoms with Crippen LogP contribution in [0.1, 0.15) is 32.1 Å². The molecular weight excluding hydrogens is 184 g/mol. The second kappa shape index (κ2) is 5.53. The molecule has 0 aliphatic carbocycles. The van der Waals surface area contributed by atoms with Gasteiger partial charge >= 0.3 is 0 Å². The van der Waals surface area contributed by atoms with E-state index in [1.165, 1.54) is 45.3 Å². The van der Waals surface area contributed by atoms with Gasteiger partial charge in [-0.05, 0) is 51.2 Å². The molecule has 0 amide bonds. The number of nitrogens with one attached hydrogen (secondary N) is 1. The topological polar surface area (TPSA) is 15.3 Å². The van der Waals surface area contributed by atoms with Crippen LogP contribution in [0.4, 0.5) is 0 Å². The van der Waals surface area contributed by atoms with Crippen molar-refractivity contribution >= 4 is 0 Å². The number of rotatable bonds is 3. The smallest absolute Gasteiger partial charge is 0.0214 e. The first kappa shape index (κ1) is 11.0. The van der Waals surface area contributed by atoms with Crippen LogP contribution in [0.3, 0.4) is 0 Å². The Morgan fingerprint density at radius 1 is 1.27 bits per heavy atom. The van der Waals surface area contributed by atoms with Crippen molar-refractivity contribution in [1.29, 1.82) is 0 Å². The molecule has 2 rings (SSSR count). The van der Waals surface area contributed by atoms with E-state index in [0.717, 1.165) is 24.9 Å². The van der Waals surface area contributed by atoms with Crippen LogP contribution in [0.25, 0.3) is 0 Å². The van der Waals surface area contributed by atoms with Gasteiger partial charge in [-0.25, -0.2) is 0 Å². The zero-order valence-corrected chi connectivity index (χ0v) is 9.54. The molecule has 2 heteroatoms. The fourth-order valence-corrected chi connectivity index (χ4v) is 2.92. The molecule has 1 N–H and O–H groups in total. The van der Waals surface area contributed by atoms with E-state index in [2.05, 4.69) is 16.1 Å². The Bertz CT molecular complexity index is 217. The van der Waals surface area contributed by atoms with E-state index in [1.807, 2.05) is 0 Å². The Morgan fingerprint density at radius 2 is 2.07 bits per heavy atom. The van der Waals surface area contributed by atoms with Crippen LogP contribution in [0.2, 0.25) is 0 Å². The molecule has 1 unspecified atom stereocenters. The third-order valence-electron chi connectivity index (χ3n) is 3.87. The summed E-state index contributed by atoms with van der Waals surface area (Å²) in [6.45, 7) is 4.85. The molecule has 0 aromatic rings. The van der Waals surface area contributed by atoms with Crippen molar-refractivity contribution in [2.24, 2.45) is 5.92 Å². The number of terminal acetylenes is 1. The first-order valence-corrected chi connectivity index (χ1v) is 6.29. The summed E-state index contributed by atoms with van der Waals surface area (Å²) in [6, 6.07) is 0.819. The Balaban J connectivity index is 1.69. The maximum absolute atomic E-state index is 5.29. The average Bonchev–Trinajstić information content (AvgIpc) is 2.80. The number of nitrogens with zero attached hydrogens (tertiary/aromatic N) is 1. The molecule has 0 aromatic heterocycles. The van der Waals surface area contributed by atoms with E-state index in [4.69, 9.17) is 6.42 Å². The van der Waals surface area contributed by atoms with Gasteiger partial charge in [-0.15, -0.1) is 12.3 Å². The van der Waals surface area contributed by atoms with Gasteiger partial charge in [-0.2, -0.15) is 0 Å². The van der Waals surface area contributed by atoms with Crippen molar-refractivity contribution in [3.05, 3.63) is 0 Å². The molecule has 0 spiro atoms. The average molecular weight is 206 g/mol. The van der Waals surface area contributed by atoms with Crippen LogP contribution in [0.5, 0.6) is 0 Å². The number of hydrogen-bond donors (Lipinski definition) is 1. The molecule has 0 bridgehead atoms. The first-order chi connectivity index (χ1) is 7.40.